The van der Waals surface area contributed by atoms with Crippen LogP contribution in [0.1, 0.15) is 29.8 Å². The maximum atomic E-state index is 10.5. The quantitative estimate of drug-likeness (QED) is 0.679. The number of carbonyl (C=O) groups is 1. The predicted molar refractivity (Wildman–Crippen MR) is 50.8 cm³/mol. The van der Waals surface area contributed by atoms with Gasteiger partial charge in [0.1, 0.15) is 6.26 Å². The number of oxazole rings is 1. The summed E-state index contributed by atoms with van der Waals surface area (Å²) in [4.78, 5) is 14.3. The van der Waals surface area contributed by atoms with Gasteiger partial charge in [0.2, 0.25) is 0 Å². The Kier molecular flexibility index (Phi) is 2.36. The molecule has 3 N–H and O–H groups in total. The van der Waals surface area contributed by atoms with Crippen molar-refractivity contribution >= 4 is 12.0 Å². The summed E-state index contributed by atoms with van der Waals surface area (Å²) < 4.78 is 4.95. The van der Waals surface area contributed by atoms with Crippen LogP contribution in [0.15, 0.2) is 10.7 Å². The van der Waals surface area contributed by atoms with Gasteiger partial charge in [-0.15, -0.1) is 0 Å². The molecule has 0 amide bonds. The number of hydrogen-bond acceptors (Lipinski definition) is 5. The van der Waals surface area contributed by atoms with Crippen LogP contribution in [0, 0.1) is 0 Å². The van der Waals surface area contributed by atoms with Gasteiger partial charge < -0.3 is 19.9 Å². The maximum Gasteiger partial charge on any atom is 0.357 e. The van der Waals surface area contributed by atoms with Crippen molar-refractivity contribution in [2.75, 3.05) is 11.9 Å². The molecule has 2 rings (SSSR count). The Labute approximate surface area is 85.9 Å². The highest BCUT2D eigenvalue weighted by Gasteiger charge is 2.37. The molecule has 0 aromatic carbocycles. The van der Waals surface area contributed by atoms with E-state index in [-0.39, 0.29) is 23.9 Å². The van der Waals surface area contributed by atoms with E-state index >= 15 is 0 Å². The molecular weight excluding hydrogens is 200 g/mol. The van der Waals surface area contributed by atoms with Gasteiger partial charge in [0.15, 0.2) is 5.69 Å². The lowest BCUT2D eigenvalue weighted by atomic mass is 9.77. The second-order valence-corrected chi connectivity index (χ2v) is 3.76. The van der Waals surface area contributed by atoms with Crippen LogP contribution in [0.5, 0.6) is 0 Å². The molecule has 0 atom stereocenters. The second-order valence-electron chi connectivity index (χ2n) is 3.76. The molecule has 6 heteroatoms. The zero-order valence-corrected chi connectivity index (χ0v) is 8.06. The van der Waals surface area contributed by atoms with Crippen LogP contribution in [-0.2, 0) is 0 Å². The van der Waals surface area contributed by atoms with Crippen LogP contribution in [0.4, 0.5) is 6.01 Å². The number of rotatable bonds is 4. The van der Waals surface area contributed by atoms with E-state index in [4.69, 9.17) is 14.6 Å². The van der Waals surface area contributed by atoms with Crippen molar-refractivity contribution in [2.24, 2.45) is 0 Å². The number of nitrogens with one attached hydrogen (secondary N) is 1. The highest BCUT2D eigenvalue weighted by atomic mass is 16.4. The van der Waals surface area contributed by atoms with E-state index in [1.54, 1.807) is 0 Å². The first kappa shape index (κ1) is 9.97. The summed E-state index contributed by atoms with van der Waals surface area (Å²) in [5.74, 6) is -1.13. The summed E-state index contributed by atoms with van der Waals surface area (Å²) >= 11 is 0. The first-order chi connectivity index (χ1) is 7.15. The Bertz CT molecular complexity index is 364. The fraction of sp³-hybridized carbons (Fsp3) is 0.556. The molecule has 0 bridgehead atoms. The fourth-order valence-electron chi connectivity index (χ4n) is 1.58. The average molecular weight is 212 g/mol. The Morgan fingerprint density at radius 3 is 2.80 bits per heavy atom. The van der Waals surface area contributed by atoms with Gasteiger partial charge in [-0.2, -0.15) is 4.98 Å². The van der Waals surface area contributed by atoms with E-state index in [1.807, 2.05) is 0 Å². The standard InChI is InChI=1S/C9H12N2O4/c12-5-9(2-1-3-9)11-8-10-6(4-15-8)7(13)14/h4,12H,1-3,5H2,(H,10,11)(H,13,14). The number of aliphatic hydroxyl groups excluding tert-OH is 1. The van der Waals surface area contributed by atoms with Gasteiger partial charge in [-0.3, -0.25) is 0 Å². The third kappa shape index (κ3) is 1.80. The smallest absolute Gasteiger partial charge is 0.357 e. The Morgan fingerprint density at radius 2 is 2.40 bits per heavy atom. The molecule has 0 radical (unpaired) electrons. The van der Waals surface area contributed by atoms with Crippen LogP contribution < -0.4 is 5.32 Å². The lowest BCUT2D eigenvalue weighted by molar-refractivity contribution is 0.0690. The van der Waals surface area contributed by atoms with Crippen LogP contribution in [0.3, 0.4) is 0 Å². The first-order valence-corrected chi connectivity index (χ1v) is 4.73. The highest BCUT2D eigenvalue weighted by molar-refractivity contribution is 5.85. The topological polar surface area (TPSA) is 95.6 Å². The normalized spacial score (nSPS) is 18.2. The number of anilines is 1. The van der Waals surface area contributed by atoms with Gasteiger partial charge in [-0.05, 0) is 19.3 Å². The molecule has 0 saturated heterocycles. The SMILES string of the molecule is O=C(O)c1coc(NC2(CO)CCC2)n1. The predicted octanol–water partition coefficient (Wildman–Crippen LogP) is 0.700. The Hall–Kier alpha value is -1.56. The summed E-state index contributed by atoms with van der Waals surface area (Å²) in [6.07, 6.45) is 3.80. The maximum absolute atomic E-state index is 10.5. The molecule has 1 fully saturated rings. The number of hydrogen-bond donors (Lipinski definition) is 3. The van der Waals surface area contributed by atoms with E-state index in [0.29, 0.717) is 0 Å². The van der Waals surface area contributed by atoms with Gasteiger partial charge in [0.25, 0.3) is 6.01 Å². The number of carboxylic acid groups (broad SMARTS) is 1. The number of nitrogens with zero attached hydrogens (tertiary/aromatic N) is 1. The molecule has 1 aliphatic carbocycles. The first-order valence-electron chi connectivity index (χ1n) is 4.73. The molecule has 15 heavy (non-hydrogen) atoms. The van der Waals surface area contributed by atoms with Crippen molar-refractivity contribution in [1.29, 1.82) is 0 Å². The Morgan fingerprint density at radius 1 is 1.67 bits per heavy atom. The van der Waals surface area contributed by atoms with E-state index in [2.05, 4.69) is 10.3 Å². The molecule has 0 spiro atoms. The summed E-state index contributed by atoms with van der Waals surface area (Å²) in [5, 5.41) is 20.7. The van der Waals surface area contributed by atoms with Crippen molar-refractivity contribution in [2.45, 2.75) is 24.8 Å². The van der Waals surface area contributed by atoms with Crippen LogP contribution in [0.2, 0.25) is 0 Å². The minimum atomic E-state index is -1.13. The van der Waals surface area contributed by atoms with Crippen molar-refractivity contribution in [3.05, 3.63) is 12.0 Å². The Balaban J connectivity index is 2.07. The van der Waals surface area contributed by atoms with Crippen molar-refractivity contribution in [3.63, 3.8) is 0 Å². The lowest BCUT2D eigenvalue weighted by Crippen LogP contribution is -2.48. The molecule has 1 saturated carbocycles. The van der Waals surface area contributed by atoms with Crippen LogP contribution in [-0.4, -0.2) is 33.3 Å². The van der Waals surface area contributed by atoms with Crippen molar-refractivity contribution < 1.29 is 19.4 Å². The zero-order chi connectivity index (χ0) is 10.9. The summed E-state index contributed by atoms with van der Waals surface area (Å²) in [6, 6.07) is 0.154. The van der Waals surface area contributed by atoms with Gasteiger partial charge >= 0.3 is 5.97 Å². The van der Waals surface area contributed by atoms with E-state index in [1.165, 1.54) is 0 Å². The minimum Gasteiger partial charge on any atom is -0.476 e. The third-order valence-electron chi connectivity index (χ3n) is 2.71. The van der Waals surface area contributed by atoms with Crippen molar-refractivity contribution in [3.8, 4) is 0 Å². The molecule has 1 aliphatic rings. The van der Waals surface area contributed by atoms with Gasteiger partial charge in [-0.1, -0.05) is 0 Å². The van der Waals surface area contributed by atoms with Crippen LogP contribution in [0.25, 0.3) is 0 Å². The number of carboxylic acids is 1. The number of aliphatic hydroxyl groups is 1. The molecule has 0 unspecified atom stereocenters. The number of aromatic carboxylic acids is 1. The molecule has 1 aromatic heterocycles. The highest BCUT2D eigenvalue weighted by Crippen LogP contribution is 2.34. The summed E-state index contributed by atoms with van der Waals surface area (Å²) in [7, 11) is 0. The van der Waals surface area contributed by atoms with E-state index < -0.39 is 5.97 Å². The zero-order valence-electron chi connectivity index (χ0n) is 8.06. The van der Waals surface area contributed by atoms with Gasteiger partial charge in [0.05, 0.1) is 12.1 Å². The van der Waals surface area contributed by atoms with Crippen LogP contribution >= 0.6 is 0 Å². The molecule has 1 heterocycles. The fourth-order valence-corrected chi connectivity index (χ4v) is 1.58. The van der Waals surface area contributed by atoms with Gasteiger partial charge in [0, 0.05) is 0 Å². The van der Waals surface area contributed by atoms with E-state index in [9.17, 15) is 4.79 Å². The van der Waals surface area contributed by atoms with E-state index in [0.717, 1.165) is 25.5 Å². The molecule has 82 valence electrons. The lowest BCUT2D eigenvalue weighted by Gasteiger charge is -2.40. The largest absolute Gasteiger partial charge is 0.476 e. The minimum absolute atomic E-state index is 0.00220. The summed E-state index contributed by atoms with van der Waals surface area (Å²) in [5.41, 5.74) is -0.509. The molecular formula is C9H12N2O4. The summed E-state index contributed by atoms with van der Waals surface area (Å²) in [6.45, 7) is -0.00220. The van der Waals surface area contributed by atoms with Crippen molar-refractivity contribution in [1.82, 2.24) is 4.98 Å². The molecule has 6 nitrogen and oxygen atoms in total. The molecule has 1 aromatic rings. The monoisotopic (exact) mass is 212 g/mol. The second kappa shape index (κ2) is 3.54. The van der Waals surface area contributed by atoms with Gasteiger partial charge in [-0.25, -0.2) is 4.79 Å². The number of aromatic nitrogens is 1. The average Bonchev–Trinajstić information content (AvgIpc) is 2.59. The molecule has 0 aliphatic heterocycles. The third-order valence-corrected chi connectivity index (χ3v) is 2.71.